The number of aromatic amines is 1. The fraction of sp³-hybridized carbons (Fsp3) is 0.238. The molecule has 7 nitrogen and oxygen atoms in total. The van der Waals surface area contributed by atoms with E-state index in [1.165, 1.54) is 6.07 Å². The molecule has 1 aliphatic heterocycles. The molecule has 156 valence electrons. The summed E-state index contributed by atoms with van der Waals surface area (Å²) >= 11 is 5.90. The molecule has 2 heterocycles. The van der Waals surface area contributed by atoms with Crippen molar-refractivity contribution in [3.05, 3.63) is 65.2 Å². The summed E-state index contributed by atoms with van der Waals surface area (Å²) in [6.07, 6.45) is 3.17. The lowest BCUT2D eigenvalue weighted by molar-refractivity contribution is -0.117. The van der Waals surface area contributed by atoms with Gasteiger partial charge in [0.2, 0.25) is 5.91 Å². The third-order valence-electron chi connectivity index (χ3n) is 5.02. The number of nitrogens with two attached hydrogens (primary N) is 1. The van der Waals surface area contributed by atoms with Crippen LogP contribution >= 0.6 is 11.6 Å². The van der Waals surface area contributed by atoms with Gasteiger partial charge in [0.05, 0.1) is 30.8 Å². The van der Waals surface area contributed by atoms with Gasteiger partial charge < -0.3 is 20.7 Å². The molecule has 3 aromatic rings. The van der Waals surface area contributed by atoms with E-state index < -0.39 is 17.8 Å². The monoisotopic (exact) mass is 429 g/mol. The van der Waals surface area contributed by atoms with Gasteiger partial charge in [0, 0.05) is 41.5 Å². The summed E-state index contributed by atoms with van der Waals surface area (Å²) in [6.45, 7) is 2.36. The maximum atomic E-state index is 14.9. The van der Waals surface area contributed by atoms with Gasteiger partial charge in [-0.05, 0) is 23.8 Å². The molecule has 1 aromatic heterocycles. The Hall–Kier alpha value is -2.94. The Morgan fingerprint density at radius 1 is 1.27 bits per heavy atom. The van der Waals surface area contributed by atoms with Gasteiger partial charge >= 0.3 is 0 Å². The number of carbonyl (C=O) groups excluding carboxylic acids is 1. The number of anilines is 2. The first kappa shape index (κ1) is 20.3. The first-order valence-corrected chi connectivity index (χ1v) is 9.88. The summed E-state index contributed by atoms with van der Waals surface area (Å²) < 4.78 is 20.3. The fourth-order valence-corrected chi connectivity index (χ4v) is 3.51. The van der Waals surface area contributed by atoms with Gasteiger partial charge in [-0.15, -0.1) is 0 Å². The smallest absolute Gasteiger partial charge is 0.245 e. The minimum Gasteiger partial charge on any atom is -0.378 e. The van der Waals surface area contributed by atoms with Crippen LogP contribution in [-0.4, -0.2) is 42.4 Å². The van der Waals surface area contributed by atoms with Crippen LogP contribution in [0.4, 0.5) is 15.8 Å². The number of carbonyl (C=O) groups is 1. The highest BCUT2D eigenvalue weighted by Gasteiger charge is 2.22. The summed E-state index contributed by atoms with van der Waals surface area (Å²) in [6, 6.07) is 8.84. The SMILES string of the molecule is NC(C(=O)Nc1cc(F)c(-c2cn[nH]c2)cc1N1CCOCC1)c1ccc(Cl)cc1. The van der Waals surface area contributed by atoms with Crippen molar-refractivity contribution in [1.29, 1.82) is 0 Å². The predicted octanol–water partition coefficient (Wildman–Crippen LogP) is 3.34. The molecule has 0 radical (unpaired) electrons. The Labute approximate surface area is 178 Å². The molecular weight excluding hydrogens is 409 g/mol. The average Bonchev–Trinajstić information content (AvgIpc) is 3.29. The number of nitrogens with one attached hydrogen (secondary N) is 2. The average molecular weight is 430 g/mol. The Morgan fingerprint density at radius 2 is 2.00 bits per heavy atom. The number of benzene rings is 2. The Morgan fingerprint density at radius 3 is 2.67 bits per heavy atom. The van der Waals surface area contributed by atoms with E-state index in [-0.39, 0.29) is 0 Å². The molecular formula is C21H21ClFN5O2. The summed E-state index contributed by atoms with van der Waals surface area (Å²) in [5.74, 6) is -0.911. The van der Waals surface area contributed by atoms with Gasteiger partial charge in [-0.3, -0.25) is 9.89 Å². The highest BCUT2D eigenvalue weighted by Crippen LogP contribution is 2.35. The first-order chi connectivity index (χ1) is 14.5. The van der Waals surface area contributed by atoms with Crippen molar-refractivity contribution in [2.24, 2.45) is 5.73 Å². The number of H-pyrrole nitrogens is 1. The molecule has 1 amide bonds. The van der Waals surface area contributed by atoms with Crippen LogP contribution in [0.1, 0.15) is 11.6 Å². The van der Waals surface area contributed by atoms with E-state index in [1.54, 1.807) is 42.7 Å². The van der Waals surface area contributed by atoms with Crippen molar-refractivity contribution in [2.45, 2.75) is 6.04 Å². The van der Waals surface area contributed by atoms with Crippen molar-refractivity contribution in [3.63, 3.8) is 0 Å². The Kier molecular flexibility index (Phi) is 5.98. The van der Waals surface area contributed by atoms with E-state index in [4.69, 9.17) is 22.1 Å². The van der Waals surface area contributed by atoms with Crippen LogP contribution in [-0.2, 0) is 9.53 Å². The van der Waals surface area contributed by atoms with Crippen LogP contribution < -0.4 is 16.0 Å². The number of ether oxygens (including phenoxy) is 1. The van der Waals surface area contributed by atoms with Crippen LogP contribution in [0.5, 0.6) is 0 Å². The van der Waals surface area contributed by atoms with E-state index in [0.717, 1.165) is 0 Å². The summed E-state index contributed by atoms with van der Waals surface area (Å²) in [5.41, 5.74) is 8.80. The number of aromatic nitrogens is 2. The van der Waals surface area contributed by atoms with Crippen LogP contribution in [0.3, 0.4) is 0 Å². The third kappa shape index (κ3) is 4.30. The zero-order valence-electron chi connectivity index (χ0n) is 16.1. The highest BCUT2D eigenvalue weighted by molar-refractivity contribution is 6.30. The first-order valence-electron chi connectivity index (χ1n) is 9.50. The summed E-state index contributed by atoms with van der Waals surface area (Å²) in [4.78, 5) is 14.9. The molecule has 2 aromatic carbocycles. The summed E-state index contributed by atoms with van der Waals surface area (Å²) in [5, 5.41) is 9.93. The van der Waals surface area contributed by atoms with Gasteiger partial charge in [0.15, 0.2) is 0 Å². The third-order valence-corrected chi connectivity index (χ3v) is 5.27. The number of nitrogens with zero attached hydrogens (tertiary/aromatic N) is 2. The van der Waals surface area contributed by atoms with Crippen molar-refractivity contribution < 1.29 is 13.9 Å². The van der Waals surface area contributed by atoms with Crippen molar-refractivity contribution >= 4 is 28.9 Å². The Bertz CT molecular complexity index is 1020. The molecule has 1 atom stereocenters. The quantitative estimate of drug-likeness (QED) is 0.578. The minimum absolute atomic E-state index is 0.357. The fourth-order valence-electron chi connectivity index (χ4n) is 3.38. The van der Waals surface area contributed by atoms with Gasteiger partial charge in [0.25, 0.3) is 0 Å². The minimum atomic E-state index is -0.920. The Balaban J connectivity index is 1.66. The second-order valence-corrected chi connectivity index (χ2v) is 7.39. The van der Waals surface area contributed by atoms with Crippen molar-refractivity contribution in [2.75, 3.05) is 36.5 Å². The number of rotatable bonds is 5. The van der Waals surface area contributed by atoms with E-state index >= 15 is 0 Å². The second kappa shape index (κ2) is 8.83. The zero-order chi connectivity index (χ0) is 21.1. The lowest BCUT2D eigenvalue weighted by atomic mass is 10.0. The van der Waals surface area contributed by atoms with E-state index in [1.807, 2.05) is 0 Å². The van der Waals surface area contributed by atoms with Gasteiger partial charge in [0.1, 0.15) is 11.9 Å². The van der Waals surface area contributed by atoms with Crippen LogP contribution in [0.25, 0.3) is 11.1 Å². The highest BCUT2D eigenvalue weighted by atomic mass is 35.5. The molecule has 1 fully saturated rings. The van der Waals surface area contributed by atoms with Gasteiger partial charge in [-0.1, -0.05) is 23.7 Å². The molecule has 0 spiro atoms. The van der Waals surface area contributed by atoms with Crippen LogP contribution in [0.15, 0.2) is 48.8 Å². The van der Waals surface area contributed by atoms with Gasteiger partial charge in [-0.25, -0.2) is 4.39 Å². The number of amides is 1. The molecule has 4 N–H and O–H groups in total. The number of hydrogen-bond donors (Lipinski definition) is 3. The molecule has 30 heavy (non-hydrogen) atoms. The molecule has 1 aliphatic rings. The van der Waals surface area contributed by atoms with E-state index in [9.17, 15) is 9.18 Å². The molecule has 9 heteroatoms. The normalized spacial score (nSPS) is 15.1. The zero-order valence-corrected chi connectivity index (χ0v) is 16.8. The molecule has 1 unspecified atom stereocenters. The number of hydrogen-bond acceptors (Lipinski definition) is 5. The standard InChI is InChI=1S/C21H21ClFN5O2/c22-15-3-1-13(2-4-15)20(24)21(29)27-18-10-17(23)16(14-11-25-26-12-14)9-19(18)28-5-7-30-8-6-28/h1-4,9-12,20H,5-8,24H2,(H,25,26)(H,27,29). The topological polar surface area (TPSA) is 96.3 Å². The number of halogens is 2. The van der Waals surface area contributed by atoms with Crippen LogP contribution in [0.2, 0.25) is 5.02 Å². The second-order valence-electron chi connectivity index (χ2n) is 6.95. The molecule has 1 saturated heterocycles. The maximum absolute atomic E-state index is 14.9. The molecule has 0 aliphatic carbocycles. The molecule has 4 rings (SSSR count). The van der Waals surface area contributed by atoms with Crippen LogP contribution in [0, 0.1) is 5.82 Å². The number of morpholine rings is 1. The lowest BCUT2D eigenvalue weighted by Crippen LogP contribution is -2.37. The lowest BCUT2D eigenvalue weighted by Gasteiger charge is -2.31. The van der Waals surface area contributed by atoms with E-state index in [2.05, 4.69) is 20.4 Å². The molecule has 0 saturated carbocycles. The largest absolute Gasteiger partial charge is 0.378 e. The van der Waals surface area contributed by atoms with Crippen molar-refractivity contribution in [1.82, 2.24) is 10.2 Å². The summed E-state index contributed by atoms with van der Waals surface area (Å²) in [7, 11) is 0. The van der Waals surface area contributed by atoms with E-state index in [0.29, 0.717) is 59.4 Å². The van der Waals surface area contributed by atoms with Crippen molar-refractivity contribution in [3.8, 4) is 11.1 Å². The molecule has 0 bridgehead atoms. The maximum Gasteiger partial charge on any atom is 0.245 e. The van der Waals surface area contributed by atoms with Gasteiger partial charge in [-0.2, -0.15) is 5.10 Å². The predicted molar refractivity (Wildman–Crippen MR) is 114 cm³/mol.